The maximum atomic E-state index is 12.4. The van der Waals surface area contributed by atoms with Crippen LogP contribution < -0.4 is 15.0 Å². The molecule has 2 aromatic rings. The SMILES string of the molecule is COC(=O)c1cccc(CN2C(=O)COc3ccc(NC(=O)CCl)cc32)c1. The van der Waals surface area contributed by atoms with Crippen LogP contribution in [0.2, 0.25) is 0 Å². The summed E-state index contributed by atoms with van der Waals surface area (Å²) < 4.78 is 10.2. The molecule has 0 bridgehead atoms. The number of alkyl halides is 1. The summed E-state index contributed by atoms with van der Waals surface area (Å²) >= 11 is 5.52. The molecule has 2 amide bonds. The van der Waals surface area contributed by atoms with E-state index in [1.165, 1.54) is 7.11 Å². The van der Waals surface area contributed by atoms with E-state index in [0.29, 0.717) is 22.7 Å². The molecule has 1 aliphatic rings. The first kappa shape index (κ1) is 18.7. The highest BCUT2D eigenvalue weighted by Gasteiger charge is 2.26. The molecule has 3 rings (SSSR count). The monoisotopic (exact) mass is 388 g/mol. The number of hydrogen-bond acceptors (Lipinski definition) is 5. The van der Waals surface area contributed by atoms with Crippen LogP contribution in [0.1, 0.15) is 15.9 Å². The molecular weight excluding hydrogens is 372 g/mol. The van der Waals surface area contributed by atoms with Gasteiger partial charge in [-0.3, -0.25) is 9.59 Å². The predicted molar refractivity (Wildman–Crippen MR) is 100 cm³/mol. The maximum Gasteiger partial charge on any atom is 0.337 e. The van der Waals surface area contributed by atoms with Gasteiger partial charge >= 0.3 is 5.97 Å². The Bertz CT molecular complexity index is 899. The molecule has 0 fully saturated rings. The Balaban J connectivity index is 1.90. The third-order valence-electron chi connectivity index (χ3n) is 4.00. The summed E-state index contributed by atoms with van der Waals surface area (Å²) in [6.07, 6.45) is 0. The highest BCUT2D eigenvalue weighted by molar-refractivity contribution is 6.29. The Kier molecular flexibility index (Phi) is 5.61. The lowest BCUT2D eigenvalue weighted by Gasteiger charge is -2.30. The van der Waals surface area contributed by atoms with Crippen LogP contribution in [0.5, 0.6) is 5.75 Å². The fourth-order valence-corrected chi connectivity index (χ4v) is 2.81. The van der Waals surface area contributed by atoms with Crippen molar-refractivity contribution in [3.8, 4) is 5.75 Å². The number of amides is 2. The number of benzene rings is 2. The zero-order valence-electron chi connectivity index (χ0n) is 14.5. The maximum absolute atomic E-state index is 12.4. The Morgan fingerprint density at radius 3 is 2.81 bits per heavy atom. The average Bonchev–Trinajstić information content (AvgIpc) is 2.69. The van der Waals surface area contributed by atoms with Crippen molar-refractivity contribution in [3.63, 3.8) is 0 Å². The summed E-state index contributed by atoms with van der Waals surface area (Å²) in [5, 5.41) is 2.65. The van der Waals surface area contributed by atoms with Crippen molar-refractivity contribution in [2.45, 2.75) is 6.54 Å². The second-order valence-electron chi connectivity index (χ2n) is 5.82. The number of carbonyl (C=O) groups is 3. The average molecular weight is 389 g/mol. The summed E-state index contributed by atoms with van der Waals surface area (Å²) in [4.78, 5) is 37.2. The van der Waals surface area contributed by atoms with E-state index in [9.17, 15) is 14.4 Å². The minimum absolute atomic E-state index is 0.0862. The molecule has 0 aromatic heterocycles. The van der Waals surface area contributed by atoms with Crippen LogP contribution in [0.25, 0.3) is 0 Å². The van der Waals surface area contributed by atoms with Gasteiger partial charge in [-0.05, 0) is 35.9 Å². The highest BCUT2D eigenvalue weighted by Crippen LogP contribution is 2.35. The molecule has 0 spiro atoms. The molecule has 7 nitrogen and oxygen atoms in total. The summed E-state index contributed by atoms with van der Waals surface area (Å²) in [6.45, 7) is 0.157. The predicted octanol–water partition coefficient (Wildman–Crippen LogP) is 2.58. The van der Waals surface area contributed by atoms with Gasteiger partial charge in [0.2, 0.25) is 5.91 Å². The lowest BCUT2D eigenvalue weighted by Crippen LogP contribution is -2.38. The van der Waals surface area contributed by atoms with Gasteiger partial charge in [-0.2, -0.15) is 0 Å². The van der Waals surface area contributed by atoms with Crippen LogP contribution in [0.4, 0.5) is 11.4 Å². The van der Waals surface area contributed by atoms with Gasteiger partial charge in [0.1, 0.15) is 11.6 Å². The zero-order chi connectivity index (χ0) is 19.4. The normalized spacial score (nSPS) is 12.8. The third-order valence-corrected chi connectivity index (χ3v) is 4.24. The van der Waals surface area contributed by atoms with Gasteiger partial charge in [0.15, 0.2) is 6.61 Å². The quantitative estimate of drug-likeness (QED) is 0.628. The standard InChI is InChI=1S/C19H17ClN2O5/c1-26-19(25)13-4-2-3-12(7-13)10-22-15-8-14(21-17(23)9-20)5-6-16(15)27-11-18(22)24/h2-8H,9-11H2,1H3,(H,21,23). The van der Waals surface area contributed by atoms with Crippen LogP contribution >= 0.6 is 11.6 Å². The minimum atomic E-state index is -0.448. The van der Waals surface area contributed by atoms with Gasteiger partial charge in [0, 0.05) is 5.69 Å². The molecule has 1 N–H and O–H groups in total. The minimum Gasteiger partial charge on any atom is -0.482 e. The zero-order valence-corrected chi connectivity index (χ0v) is 15.3. The number of methoxy groups -OCH3 is 1. The first-order valence-corrected chi connectivity index (χ1v) is 8.65. The topological polar surface area (TPSA) is 84.9 Å². The first-order chi connectivity index (χ1) is 13.0. The molecule has 1 heterocycles. The van der Waals surface area contributed by atoms with Crippen molar-refractivity contribution < 1.29 is 23.9 Å². The van der Waals surface area contributed by atoms with Crippen LogP contribution in [-0.2, 0) is 20.9 Å². The van der Waals surface area contributed by atoms with Crippen molar-refractivity contribution in [2.24, 2.45) is 0 Å². The van der Waals surface area contributed by atoms with Crippen molar-refractivity contribution in [3.05, 3.63) is 53.6 Å². The Hall–Kier alpha value is -3.06. The molecule has 140 valence electrons. The van der Waals surface area contributed by atoms with Gasteiger partial charge in [-0.1, -0.05) is 12.1 Å². The summed E-state index contributed by atoms with van der Waals surface area (Å²) in [6, 6.07) is 11.9. The molecule has 8 heteroatoms. The molecule has 0 aliphatic carbocycles. The van der Waals surface area contributed by atoms with Crippen molar-refractivity contribution in [1.82, 2.24) is 0 Å². The van der Waals surface area contributed by atoms with E-state index < -0.39 is 5.97 Å². The van der Waals surface area contributed by atoms with Crippen LogP contribution in [0, 0.1) is 0 Å². The number of nitrogens with one attached hydrogen (secondary N) is 1. The van der Waals surface area contributed by atoms with Gasteiger partial charge < -0.3 is 19.7 Å². The molecule has 2 aromatic carbocycles. The van der Waals surface area contributed by atoms with E-state index in [0.717, 1.165) is 5.56 Å². The molecule has 0 radical (unpaired) electrons. The number of halogens is 1. The lowest BCUT2D eigenvalue weighted by molar-refractivity contribution is -0.121. The van der Waals surface area contributed by atoms with Crippen molar-refractivity contribution in [1.29, 1.82) is 0 Å². The van der Waals surface area contributed by atoms with Crippen molar-refractivity contribution in [2.75, 3.05) is 29.8 Å². The van der Waals surface area contributed by atoms with Crippen molar-refractivity contribution >= 4 is 40.8 Å². The van der Waals surface area contributed by atoms with E-state index in [1.807, 2.05) is 6.07 Å². The molecule has 0 saturated heterocycles. The van der Waals surface area contributed by atoms with Gasteiger partial charge in [-0.15, -0.1) is 11.6 Å². The molecule has 1 aliphatic heterocycles. The Morgan fingerprint density at radius 2 is 2.07 bits per heavy atom. The number of rotatable bonds is 5. The second-order valence-corrected chi connectivity index (χ2v) is 6.09. The van der Waals surface area contributed by atoms with Gasteiger partial charge in [-0.25, -0.2) is 4.79 Å². The van der Waals surface area contributed by atoms with Crippen LogP contribution in [0.15, 0.2) is 42.5 Å². The molecule has 0 unspecified atom stereocenters. The molecule has 0 saturated carbocycles. The number of esters is 1. The van der Waals surface area contributed by atoms with E-state index in [1.54, 1.807) is 41.3 Å². The molecular formula is C19H17ClN2O5. The summed E-state index contributed by atoms with van der Waals surface area (Å²) in [5.74, 6) is -0.667. The first-order valence-electron chi connectivity index (χ1n) is 8.12. The van der Waals surface area contributed by atoms with E-state index >= 15 is 0 Å². The molecule has 27 heavy (non-hydrogen) atoms. The van der Waals surface area contributed by atoms with Crippen LogP contribution in [-0.4, -0.2) is 37.4 Å². The number of fused-ring (bicyclic) bond motifs is 1. The smallest absolute Gasteiger partial charge is 0.337 e. The summed E-state index contributed by atoms with van der Waals surface area (Å²) in [5.41, 5.74) is 2.20. The number of anilines is 2. The van der Waals surface area contributed by atoms with E-state index in [2.05, 4.69) is 5.32 Å². The third kappa shape index (κ3) is 4.20. The Labute approximate surface area is 160 Å². The highest BCUT2D eigenvalue weighted by atomic mass is 35.5. The lowest BCUT2D eigenvalue weighted by atomic mass is 10.1. The fourth-order valence-electron chi connectivity index (χ4n) is 2.74. The van der Waals surface area contributed by atoms with Gasteiger partial charge in [0.25, 0.3) is 5.91 Å². The summed E-state index contributed by atoms with van der Waals surface area (Å²) in [7, 11) is 1.31. The Morgan fingerprint density at radius 1 is 1.26 bits per heavy atom. The number of ether oxygens (including phenoxy) is 2. The largest absolute Gasteiger partial charge is 0.482 e. The second kappa shape index (κ2) is 8.09. The van der Waals surface area contributed by atoms with Crippen LogP contribution in [0.3, 0.4) is 0 Å². The number of hydrogen-bond donors (Lipinski definition) is 1. The fraction of sp³-hybridized carbons (Fsp3) is 0.211. The molecule has 0 atom stereocenters. The number of carbonyl (C=O) groups excluding carboxylic acids is 3. The van der Waals surface area contributed by atoms with E-state index in [4.69, 9.17) is 21.1 Å². The van der Waals surface area contributed by atoms with Gasteiger partial charge in [0.05, 0.1) is 24.9 Å². The van der Waals surface area contributed by atoms with E-state index in [-0.39, 0.29) is 30.8 Å². The number of nitrogens with zero attached hydrogens (tertiary/aromatic N) is 1.